The number of allylic oxidation sites excluding steroid dienone is 3. The molecule has 0 atom stereocenters. The first-order valence-corrected chi connectivity index (χ1v) is 5.48. The molecule has 0 aliphatic heterocycles. The van der Waals surface area contributed by atoms with E-state index >= 15 is 0 Å². The molecule has 1 rings (SSSR count). The summed E-state index contributed by atoms with van der Waals surface area (Å²) in [6, 6.07) is 0. The summed E-state index contributed by atoms with van der Waals surface area (Å²) in [5.74, 6) is -0.224. The van der Waals surface area contributed by atoms with Crippen molar-refractivity contribution >= 4 is 5.97 Å². The van der Waals surface area contributed by atoms with Crippen LogP contribution >= 0.6 is 0 Å². The van der Waals surface area contributed by atoms with Gasteiger partial charge >= 0.3 is 5.97 Å². The standard InChI is InChI=1S/C13H20O2/c1-11(14)15-10-4-5-12-6-8-13(2,3)9-7-12/h4-6H,7-10H2,1-3H3/b5-4+. The highest BCUT2D eigenvalue weighted by Crippen LogP contribution is 2.34. The van der Waals surface area contributed by atoms with Crippen LogP contribution in [0.3, 0.4) is 0 Å². The van der Waals surface area contributed by atoms with Gasteiger partial charge < -0.3 is 4.74 Å². The van der Waals surface area contributed by atoms with E-state index in [9.17, 15) is 4.79 Å². The van der Waals surface area contributed by atoms with Crippen LogP contribution < -0.4 is 0 Å². The van der Waals surface area contributed by atoms with Gasteiger partial charge in [0.25, 0.3) is 0 Å². The second kappa shape index (κ2) is 5.15. The van der Waals surface area contributed by atoms with E-state index in [1.807, 2.05) is 6.08 Å². The minimum Gasteiger partial charge on any atom is -0.462 e. The molecule has 0 heterocycles. The van der Waals surface area contributed by atoms with Crippen molar-refractivity contribution in [2.75, 3.05) is 6.61 Å². The number of carbonyl (C=O) groups excluding carboxylic acids is 1. The molecule has 1 aliphatic rings. The van der Waals surface area contributed by atoms with Crippen LogP contribution in [0.2, 0.25) is 0 Å². The van der Waals surface area contributed by atoms with Crippen LogP contribution in [0.5, 0.6) is 0 Å². The Morgan fingerprint density at radius 3 is 2.87 bits per heavy atom. The maximum atomic E-state index is 10.5. The first-order chi connectivity index (χ1) is 6.99. The first-order valence-electron chi connectivity index (χ1n) is 5.48. The van der Waals surface area contributed by atoms with Gasteiger partial charge in [0.05, 0.1) is 0 Å². The van der Waals surface area contributed by atoms with Crippen molar-refractivity contribution in [2.24, 2.45) is 5.41 Å². The highest BCUT2D eigenvalue weighted by Gasteiger charge is 2.19. The largest absolute Gasteiger partial charge is 0.462 e. The number of rotatable bonds is 3. The third-order valence-electron chi connectivity index (χ3n) is 2.72. The molecule has 15 heavy (non-hydrogen) atoms. The van der Waals surface area contributed by atoms with Gasteiger partial charge in [0, 0.05) is 6.92 Å². The van der Waals surface area contributed by atoms with E-state index in [0.29, 0.717) is 12.0 Å². The molecule has 0 aromatic rings. The zero-order chi connectivity index (χ0) is 11.3. The molecule has 0 saturated carbocycles. The molecule has 0 saturated heterocycles. The minimum absolute atomic E-state index is 0.224. The third kappa shape index (κ3) is 4.82. The van der Waals surface area contributed by atoms with E-state index < -0.39 is 0 Å². The molecule has 0 N–H and O–H groups in total. The fraction of sp³-hybridized carbons (Fsp3) is 0.615. The van der Waals surface area contributed by atoms with Crippen molar-refractivity contribution in [2.45, 2.75) is 40.0 Å². The molecule has 0 amide bonds. The normalized spacial score (nSPS) is 20.1. The summed E-state index contributed by atoms with van der Waals surface area (Å²) in [6.45, 7) is 6.40. The lowest BCUT2D eigenvalue weighted by atomic mass is 9.78. The van der Waals surface area contributed by atoms with Gasteiger partial charge in [0.1, 0.15) is 6.61 Å². The summed E-state index contributed by atoms with van der Waals surface area (Å²) in [6.07, 6.45) is 9.76. The van der Waals surface area contributed by atoms with Crippen LogP contribution in [0.25, 0.3) is 0 Å². The van der Waals surface area contributed by atoms with Crippen molar-refractivity contribution in [1.29, 1.82) is 0 Å². The fourth-order valence-electron chi connectivity index (χ4n) is 1.61. The second-order valence-corrected chi connectivity index (χ2v) is 4.85. The Morgan fingerprint density at radius 2 is 2.33 bits per heavy atom. The van der Waals surface area contributed by atoms with Gasteiger partial charge in [-0.25, -0.2) is 0 Å². The van der Waals surface area contributed by atoms with Gasteiger partial charge in [-0.2, -0.15) is 0 Å². The van der Waals surface area contributed by atoms with Gasteiger partial charge in [-0.05, 0) is 30.8 Å². The van der Waals surface area contributed by atoms with Crippen LogP contribution in [-0.2, 0) is 9.53 Å². The van der Waals surface area contributed by atoms with E-state index in [2.05, 4.69) is 26.0 Å². The van der Waals surface area contributed by atoms with Crippen molar-refractivity contribution in [3.05, 3.63) is 23.8 Å². The molecule has 0 aromatic carbocycles. The topological polar surface area (TPSA) is 26.3 Å². The Morgan fingerprint density at radius 1 is 1.60 bits per heavy atom. The zero-order valence-electron chi connectivity index (χ0n) is 9.88. The smallest absolute Gasteiger partial charge is 0.302 e. The lowest BCUT2D eigenvalue weighted by Crippen LogP contribution is -2.13. The second-order valence-electron chi connectivity index (χ2n) is 4.85. The Balaban J connectivity index is 2.34. The number of hydrogen-bond donors (Lipinski definition) is 0. The maximum Gasteiger partial charge on any atom is 0.302 e. The van der Waals surface area contributed by atoms with E-state index in [4.69, 9.17) is 4.74 Å². The lowest BCUT2D eigenvalue weighted by Gasteiger charge is -2.27. The highest BCUT2D eigenvalue weighted by molar-refractivity contribution is 5.66. The van der Waals surface area contributed by atoms with Crippen LogP contribution in [0.4, 0.5) is 0 Å². The molecule has 84 valence electrons. The first kappa shape index (κ1) is 12.0. The average molecular weight is 208 g/mol. The zero-order valence-corrected chi connectivity index (χ0v) is 9.88. The van der Waals surface area contributed by atoms with Crippen molar-refractivity contribution in [3.63, 3.8) is 0 Å². The highest BCUT2D eigenvalue weighted by atomic mass is 16.5. The summed E-state index contributed by atoms with van der Waals surface area (Å²) in [5.41, 5.74) is 1.81. The Labute approximate surface area is 92.0 Å². The summed E-state index contributed by atoms with van der Waals surface area (Å²) in [4.78, 5) is 10.5. The van der Waals surface area contributed by atoms with E-state index in [1.54, 1.807) is 0 Å². The van der Waals surface area contributed by atoms with Gasteiger partial charge in [0.15, 0.2) is 0 Å². The molecule has 0 bridgehead atoms. The molecular weight excluding hydrogens is 188 g/mol. The lowest BCUT2D eigenvalue weighted by molar-refractivity contribution is -0.139. The predicted molar refractivity (Wildman–Crippen MR) is 61.5 cm³/mol. The maximum absolute atomic E-state index is 10.5. The van der Waals surface area contributed by atoms with Gasteiger partial charge in [-0.1, -0.05) is 31.6 Å². The van der Waals surface area contributed by atoms with E-state index in [-0.39, 0.29) is 5.97 Å². The van der Waals surface area contributed by atoms with Crippen LogP contribution in [0.1, 0.15) is 40.0 Å². The molecule has 2 nitrogen and oxygen atoms in total. The molecule has 0 radical (unpaired) electrons. The van der Waals surface area contributed by atoms with Crippen molar-refractivity contribution < 1.29 is 9.53 Å². The molecule has 0 unspecified atom stereocenters. The molecule has 1 aliphatic carbocycles. The van der Waals surface area contributed by atoms with E-state index in [0.717, 1.165) is 12.8 Å². The third-order valence-corrected chi connectivity index (χ3v) is 2.72. The minimum atomic E-state index is -0.224. The number of carbonyl (C=O) groups is 1. The molecular formula is C13H20O2. The van der Waals surface area contributed by atoms with Crippen LogP contribution in [0, 0.1) is 5.41 Å². The number of esters is 1. The van der Waals surface area contributed by atoms with Gasteiger partial charge in [-0.15, -0.1) is 0 Å². The molecule has 0 aromatic heterocycles. The average Bonchev–Trinajstić information content (AvgIpc) is 2.14. The Bertz CT molecular complexity index is 285. The summed E-state index contributed by atoms with van der Waals surface area (Å²) >= 11 is 0. The monoisotopic (exact) mass is 208 g/mol. The van der Waals surface area contributed by atoms with Crippen molar-refractivity contribution in [3.8, 4) is 0 Å². The van der Waals surface area contributed by atoms with Crippen molar-refractivity contribution in [1.82, 2.24) is 0 Å². The predicted octanol–water partition coefficient (Wildman–Crippen LogP) is 3.24. The van der Waals surface area contributed by atoms with Gasteiger partial charge in [0.2, 0.25) is 0 Å². The summed E-state index contributed by atoms with van der Waals surface area (Å²) < 4.78 is 4.82. The Kier molecular flexibility index (Phi) is 4.13. The summed E-state index contributed by atoms with van der Waals surface area (Å²) in [5, 5.41) is 0. The van der Waals surface area contributed by atoms with E-state index in [1.165, 1.54) is 18.9 Å². The fourth-order valence-corrected chi connectivity index (χ4v) is 1.61. The summed E-state index contributed by atoms with van der Waals surface area (Å²) in [7, 11) is 0. The molecule has 0 fully saturated rings. The Hall–Kier alpha value is -1.05. The van der Waals surface area contributed by atoms with Gasteiger partial charge in [-0.3, -0.25) is 4.79 Å². The van der Waals surface area contributed by atoms with Crippen LogP contribution in [0.15, 0.2) is 23.8 Å². The molecule has 2 heteroatoms. The number of ether oxygens (including phenoxy) is 1. The van der Waals surface area contributed by atoms with Crippen LogP contribution in [-0.4, -0.2) is 12.6 Å². The SMILES string of the molecule is CC(=O)OC/C=C/C1=CCC(C)(C)CC1. The molecule has 0 spiro atoms. The number of hydrogen-bond acceptors (Lipinski definition) is 2. The quantitative estimate of drug-likeness (QED) is 0.665.